The first-order valence-corrected chi connectivity index (χ1v) is 18.4. The standard InChI is InChI=1S/C36H37ClN10O5S/c1-20-5-3-7-24(37)32(20)44-34(51)27-18-39-36(53-27)42-28-17-29(41-21(2)40-28)45-13-15-46(16-14-45)31(49)11-12-38-25-8-4-6-22-23(25)19-47(35(22)52)26-9-10-30(48)43-33(26)50/h3-8,17-18,26,38H,9-16,19H2,1-2H3,(H,44,51)(H,43,48,50)(H,39,40,41,42). The van der Waals surface area contributed by atoms with E-state index in [1.807, 2.05) is 36.1 Å². The van der Waals surface area contributed by atoms with Crippen LogP contribution in [0.2, 0.25) is 5.02 Å². The molecule has 2 saturated heterocycles. The predicted octanol–water partition coefficient (Wildman–Crippen LogP) is 4.11. The van der Waals surface area contributed by atoms with Crippen molar-refractivity contribution in [1.29, 1.82) is 0 Å². The number of imide groups is 1. The summed E-state index contributed by atoms with van der Waals surface area (Å²) in [4.78, 5) is 82.6. The number of halogens is 1. The van der Waals surface area contributed by atoms with Crippen LogP contribution in [-0.2, 0) is 20.9 Å². The van der Waals surface area contributed by atoms with Crippen molar-refractivity contribution in [2.75, 3.05) is 53.6 Å². The van der Waals surface area contributed by atoms with E-state index < -0.39 is 11.9 Å². The van der Waals surface area contributed by atoms with E-state index in [1.54, 1.807) is 25.1 Å². The third-order valence-corrected chi connectivity index (χ3v) is 10.7. The number of anilines is 5. The van der Waals surface area contributed by atoms with Gasteiger partial charge < -0.3 is 30.7 Å². The summed E-state index contributed by atoms with van der Waals surface area (Å²) in [6.45, 7) is 6.53. The molecule has 15 nitrogen and oxygen atoms in total. The molecule has 2 fully saturated rings. The quantitative estimate of drug-likeness (QED) is 0.171. The van der Waals surface area contributed by atoms with Crippen LogP contribution in [0.1, 0.15) is 56.2 Å². The third kappa shape index (κ3) is 7.78. The maximum atomic E-state index is 13.2. The average molecular weight is 757 g/mol. The number of para-hydroxylation sites is 1. The number of hydrogen-bond donors (Lipinski definition) is 4. The van der Waals surface area contributed by atoms with Crippen LogP contribution >= 0.6 is 22.9 Å². The number of aromatic nitrogens is 3. The van der Waals surface area contributed by atoms with Gasteiger partial charge in [0.25, 0.3) is 11.8 Å². The van der Waals surface area contributed by atoms with Gasteiger partial charge >= 0.3 is 0 Å². The normalized spacial score (nSPS) is 17.1. The van der Waals surface area contributed by atoms with Gasteiger partial charge in [0, 0.05) is 75.0 Å². The zero-order valence-corrected chi connectivity index (χ0v) is 30.6. The zero-order chi connectivity index (χ0) is 37.2. The van der Waals surface area contributed by atoms with Gasteiger partial charge in [-0.2, -0.15) is 0 Å². The van der Waals surface area contributed by atoms with E-state index in [4.69, 9.17) is 11.6 Å². The van der Waals surface area contributed by atoms with Gasteiger partial charge in [-0.3, -0.25) is 29.3 Å². The molecule has 1 unspecified atom stereocenters. The van der Waals surface area contributed by atoms with Gasteiger partial charge in [0.1, 0.15) is 28.4 Å². The van der Waals surface area contributed by atoms with E-state index in [0.29, 0.717) is 77.1 Å². The Bertz CT molecular complexity index is 2100. The Labute approximate surface area is 314 Å². The summed E-state index contributed by atoms with van der Waals surface area (Å²) in [6.07, 6.45) is 2.25. The van der Waals surface area contributed by atoms with E-state index in [9.17, 15) is 24.0 Å². The summed E-state index contributed by atoms with van der Waals surface area (Å²) in [6, 6.07) is 11.9. The molecule has 2 aromatic heterocycles. The molecule has 0 aliphatic carbocycles. The average Bonchev–Trinajstić information content (AvgIpc) is 3.74. The number of aryl methyl sites for hydroxylation is 2. The Morgan fingerprint density at radius 1 is 1.04 bits per heavy atom. The van der Waals surface area contributed by atoms with Crippen molar-refractivity contribution in [2.45, 2.75) is 45.7 Å². The number of rotatable bonds is 10. The van der Waals surface area contributed by atoms with Gasteiger partial charge in [0.2, 0.25) is 17.7 Å². The van der Waals surface area contributed by atoms with Gasteiger partial charge in [0.15, 0.2) is 5.13 Å². The smallest absolute Gasteiger partial charge is 0.267 e. The Morgan fingerprint density at radius 2 is 1.83 bits per heavy atom. The fourth-order valence-corrected chi connectivity index (χ4v) is 7.68. The molecule has 274 valence electrons. The van der Waals surface area contributed by atoms with Crippen LogP contribution in [0, 0.1) is 13.8 Å². The Kier molecular flexibility index (Phi) is 10.2. The van der Waals surface area contributed by atoms with Gasteiger partial charge in [-0.25, -0.2) is 15.0 Å². The monoisotopic (exact) mass is 756 g/mol. The summed E-state index contributed by atoms with van der Waals surface area (Å²) >= 11 is 7.47. The first-order chi connectivity index (χ1) is 25.5. The van der Waals surface area contributed by atoms with Crippen molar-refractivity contribution in [3.05, 3.63) is 81.1 Å². The lowest BCUT2D eigenvalue weighted by atomic mass is 10.0. The van der Waals surface area contributed by atoms with Crippen LogP contribution in [0.4, 0.5) is 28.1 Å². The van der Waals surface area contributed by atoms with Crippen molar-refractivity contribution in [2.24, 2.45) is 0 Å². The maximum Gasteiger partial charge on any atom is 0.267 e. The summed E-state index contributed by atoms with van der Waals surface area (Å²) in [5, 5.41) is 12.7. The highest BCUT2D eigenvalue weighted by atomic mass is 35.5. The molecule has 53 heavy (non-hydrogen) atoms. The van der Waals surface area contributed by atoms with Gasteiger partial charge in [-0.05, 0) is 44.0 Å². The fraction of sp³-hybridized carbons (Fsp3) is 0.333. The number of nitrogens with zero attached hydrogens (tertiary/aromatic N) is 6. The number of piperazine rings is 1. The van der Waals surface area contributed by atoms with Crippen molar-refractivity contribution in [3.63, 3.8) is 0 Å². The Hall–Kier alpha value is -5.61. The van der Waals surface area contributed by atoms with E-state index in [0.717, 1.165) is 22.6 Å². The van der Waals surface area contributed by atoms with Gasteiger partial charge in [-0.1, -0.05) is 41.1 Å². The van der Waals surface area contributed by atoms with Gasteiger partial charge in [0.05, 0.1) is 16.9 Å². The van der Waals surface area contributed by atoms with E-state index in [1.165, 1.54) is 22.4 Å². The first-order valence-electron chi connectivity index (χ1n) is 17.2. The number of carbonyl (C=O) groups is 5. The molecule has 2 aromatic carbocycles. The number of thiazole rings is 1. The molecular weight excluding hydrogens is 720 g/mol. The van der Waals surface area contributed by atoms with Crippen molar-refractivity contribution in [3.8, 4) is 0 Å². The summed E-state index contributed by atoms with van der Waals surface area (Å²) < 4.78 is 0. The van der Waals surface area contributed by atoms with E-state index >= 15 is 0 Å². The largest absolute Gasteiger partial charge is 0.384 e. The second-order valence-corrected chi connectivity index (χ2v) is 14.4. The van der Waals surface area contributed by atoms with Crippen molar-refractivity contribution < 1.29 is 24.0 Å². The molecule has 3 aliphatic heterocycles. The minimum absolute atomic E-state index is 0.0144. The van der Waals surface area contributed by atoms with Crippen LogP contribution in [0.15, 0.2) is 48.7 Å². The van der Waals surface area contributed by atoms with Crippen molar-refractivity contribution in [1.82, 2.24) is 30.1 Å². The van der Waals surface area contributed by atoms with Crippen LogP contribution in [0.3, 0.4) is 0 Å². The molecule has 0 radical (unpaired) electrons. The minimum Gasteiger partial charge on any atom is -0.384 e. The molecule has 4 N–H and O–H groups in total. The zero-order valence-electron chi connectivity index (χ0n) is 29.1. The van der Waals surface area contributed by atoms with Crippen LogP contribution < -0.4 is 26.2 Å². The lowest BCUT2D eigenvalue weighted by Crippen LogP contribution is -2.52. The highest BCUT2D eigenvalue weighted by Crippen LogP contribution is 2.33. The molecule has 3 aliphatic rings. The van der Waals surface area contributed by atoms with Gasteiger partial charge in [-0.15, -0.1) is 0 Å². The van der Waals surface area contributed by atoms with E-state index in [2.05, 4.69) is 41.1 Å². The lowest BCUT2D eigenvalue weighted by Gasteiger charge is -2.35. The van der Waals surface area contributed by atoms with Crippen LogP contribution in [-0.4, -0.2) is 93.1 Å². The molecule has 5 amide bonds. The topological polar surface area (TPSA) is 182 Å². The minimum atomic E-state index is -0.689. The molecule has 0 bridgehead atoms. The van der Waals surface area contributed by atoms with E-state index in [-0.39, 0.29) is 43.0 Å². The molecule has 1 atom stereocenters. The molecule has 17 heteroatoms. The Morgan fingerprint density at radius 3 is 2.60 bits per heavy atom. The number of amides is 5. The first kappa shape index (κ1) is 35.8. The third-order valence-electron chi connectivity index (χ3n) is 9.44. The Balaban J connectivity index is 0.901. The molecule has 0 spiro atoms. The SMILES string of the molecule is Cc1nc(Nc2ncc(C(=O)Nc3c(C)cccc3Cl)s2)cc(N2CCN(C(=O)CCNc3cccc4c3CN(C3CCC(=O)NC3=O)C4=O)CC2)n1. The fourth-order valence-electron chi connectivity index (χ4n) is 6.69. The molecular formula is C36H37ClN10O5S. The highest BCUT2D eigenvalue weighted by Gasteiger charge is 2.40. The second-order valence-electron chi connectivity index (χ2n) is 13.0. The molecule has 7 rings (SSSR count). The molecule has 0 saturated carbocycles. The number of carbonyl (C=O) groups excluding carboxylic acids is 5. The number of fused-ring (bicyclic) bond motifs is 1. The second kappa shape index (κ2) is 15.2. The molecule has 5 heterocycles. The molecule has 4 aromatic rings. The van der Waals surface area contributed by atoms with Crippen molar-refractivity contribution >= 4 is 80.6 Å². The van der Waals surface area contributed by atoms with Crippen LogP contribution in [0.5, 0.6) is 0 Å². The summed E-state index contributed by atoms with van der Waals surface area (Å²) in [7, 11) is 0. The number of piperidine rings is 1. The summed E-state index contributed by atoms with van der Waals surface area (Å²) in [5.74, 6) is 0.502. The lowest BCUT2D eigenvalue weighted by molar-refractivity contribution is -0.137. The summed E-state index contributed by atoms with van der Waals surface area (Å²) in [5.41, 5.74) is 3.46. The number of nitrogens with one attached hydrogen (secondary N) is 4. The number of benzene rings is 2. The highest BCUT2D eigenvalue weighted by molar-refractivity contribution is 7.17. The maximum absolute atomic E-state index is 13.2. The van der Waals surface area contributed by atoms with Crippen LogP contribution in [0.25, 0.3) is 0 Å². The number of hydrogen-bond acceptors (Lipinski definition) is 12. The predicted molar refractivity (Wildman–Crippen MR) is 201 cm³/mol.